The van der Waals surface area contributed by atoms with Gasteiger partial charge in [-0.15, -0.1) is 0 Å². The van der Waals surface area contributed by atoms with Gasteiger partial charge in [-0.25, -0.2) is 4.79 Å². The third kappa shape index (κ3) is 2.42. The van der Waals surface area contributed by atoms with E-state index in [9.17, 15) is 4.79 Å². The molecule has 1 heterocycles. The molecule has 3 nitrogen and oxygen atoms in total. The van der Waals surface area contributed by atoms with Gasteiger partial charge in [0.1, 0.15) is 0 Å². The van der Waals surface area contributed by atoms with Crippen molar-refractivity contribution in [2.45, 2.75) is 19.3 Å². The molecule has 0 aliphatic carbocycles. The first-order valence-electron chi connectivity index (χ1n) is 5.79. The predicted octanol–water partition coefficient (Wildman–Crippen LogP) is 1.94. The monoisotopic (exact) mass is 219 g/mol. The van der Waals surface area contributed by atoms with Crippen LogP contribution in [0.3, 0.4) is 0 Å². The van der Waals surface area contributed by atoms with E-state index in [4.69, 9.17) is 4.74 Å². The molecule has 0 aromatic heterocycles. The Kier molecular flexibility index (Phi) is 3.57. The van der Waals surface area contributed by atoms with Crippen molar-refractivity contribution in [1.29, 1.82) is 0 Å². The van der Waals surface area contributed by atoms with Crippen LogP contribution in [0, 0.1) is 0 Å². The minimum absolute atomic E-state index is 0.237. The van der Waals surface area contributed by atoms with Crippen molar-refractivity contribution < 1.29 is 9.53 Å². The number of benzene rings is 1. The Morgan fingerprint density at radius 2 is 2.19 bits per heavy atom. The zero-order valence-corrected chi connectivity index (χ0v) is 9.53. The Balaban J connectivity index is 2.06. The number of esters is 1. The molecule has 1 fully saturated rings. The largest absolute Gasteiger partial charge is 0.462 e. The van der Waals surface area contributed by atoms with E-state index in [0.29, 0.717) is 18.1 Å². The Morgan fingerprint density at radius 3 is 2.75 bits per heavy atom. The smallest absolute Gasteiger partial charge is 0.338 e. The maximum Gasteiger partial charge on any atom is 0.338 e. The summed E-state index contributed by atoms with van der Waals surface area (Å²) >= 11 is 0. The van der Waals surface area contributed by atoms with Crippen LogP contribution >= 0.6 is 0 Å². The summed E-state index contributed by atoms with van der Waals surface area (Å²) in [5.74, 6) is 0.356. The van der Waals surface area contributed by atoms with Crippen LogP contribution in [0.15, 0.2) is 24.3 Å². The molecular formula is C13H17NO2. The van der Waals surface area contributed by atoms with Crippen LogP contribution in [-0.4, -0.2) is 25.7 Å². The lowest BCUT2D eigenvalue weighted by molar-refractivity contribution is 0.0526. The predicted molar refractivity (Wildman–Crippen MR) is 62.6 cm³/mol. The van der Waals surface area contributed by atoms with E-state index in [2.05, 4.69) is 5.32 Å². The van der Waals surface area contributed by atoms with Gasteiger partial charge in [0.05, 0.1) is 12.2 Å². The maximum absolute atomic E-state index is 11.4. The molecule has 2 rings (SSSR count). The second-order valence-electron chi connectivity index (χ2n) is 4.03. The number of hydrogen-bond acceptors (Lipinski definition) is 3. The second-order valence-corrected chi connectivity index (χ2v) is 4.03. The number of nitrogens with one attached hydrogen (secondary N) is 1. The van der Waals surface area contributed by atoms with Gasteiger partial charge in [-0.2, -0.15) is 0 Å². The molecule has 1 atom stereocenters. The average molecular weight is 219 g/mol. The van der Waals surface area contributed by atoms with Crippen LogP contribution in [0.2, 0.25) is 0 Å². The van der Waals surface area contributed by atoms with Crippen molar-refractivity contribution in [2.24, 2.45) is 0 Å². The summed E-state index contributed by atoms with van der Waals surface area (Å²) in [5, 5.41) is 3.34. The van der Waals surface area contributed by atoms with Gasteiger partial charge in [0, 0.05) is 6.54 Å². The molecule has 1 aromatic carbocycles. The second kappa shape index (κ2) is 5.12. The van der Waals surface area contributed by atoms with Crippen molar-refractivity contribution in [3.05, 3.63) is 35.4 Å². The lowest BCUT2D eigenvalue weighted by atomic mass is 9.97. The summed E-state index contributed by atoms with van der Waals surface area (Å²) < 4.78 is 4.94. The third-order valence-electron chi connectivity index (χ3n) is 2.95. The molecule has 16 heavy (non-hydrogen) atoms. The zero-order valence-electron chi connectivity index (χ0n) is 9.53. The molecule has 0 spiro atoms. The van der Waals surface area contributed by atoms with Gasteiger partial charge in [-0.05, 0) is 43.5 Å². The molecule has 1 saturated heterocycles. The van der Waals surface area contributed by atoms with E-state index in [1.807, 2.05) is 31.2 Å². The van der Waals surface area contributed by atoms with E-state index in [1.54, 1.807) is 0 Å². The van der Waals surface area contributed by atoms with Gasteiger partial charge in [0.2, 0.25) is 0 Å². The van der Waals surface area contributed by atoms with Crippen molar-refractivity contribution >= 4 is 5.97 Å². The lowest BCUT2D eigenvalue weighted by Gasteiger charge is -2.09. The molecule has 0 saturated carbocycles. The van der Waals surface area contributed by atoms with Gasteiger partial charge in [0.15, 0.2) is 0 Å². The van der Waals surface area contributed by atoms with Crippen LogP contribution < -0.4 is 5.32 Å². The van der Waals surface area contributed by atoms with Crippen molar-refractivity contribution in [3.8, 4) is 0 Å². The number of carbonyl (C=O) groups is 1. The Hall–Kier alpha value is -1.35. The van der Waals surface area contributed by atoms with E-state index >= 15 is 0 Å². The number of rotatable bonds is 3. The Labute approximate surface area is 95.8 Å². The summed E-state index contributed by atoms with van der Waals surface area (Å²) in [7, 11) is 0. The minimum Gasteiger partial charge on any atom is -0.462 e. The number of hydrogen-bond donors (Lipinski definition) is 1. The SMILES string of the molecule is CCOC(=O)c1ccc(C2CCNC2)cc1. The van der Waals surface area contributed by atoms with Gasteiger partial charge < -0.3 is 10.1 Å². The number of ether oxygens (including phenoxy) is 1. The quantitative estimate of drug-likeness (QED) is 0.789. The van der Waals surface area contributed by atoms with E-state index in [-0.39, 0.29) is 5.97 Å². The van der Waals surface area contributed by atoms with Gasteiger partial charge in [-0.3, -0.25) is 0 Å². The van der Waals surface area contributed by atoms with Gasteiger partial charge >= 0.3 is 5.97 Å². The normalized spacial score (nSPS) is 19.7. The fourth-order valence-corrected chi connectivity index (χ4v) is 2.04. The van der Waals surface area contributed by atoms with Crippen LogP contribution in [0.1, 0.15) is 35.2 Å². The first-order chi connectivity index (χ1) is 7.81. The van der Waals surface area contributed by atoms with Crippen LogP contribution in [0.4, 0.5) is 0 Å². The van der Waals surface area contributed by atoms with Crippen LogP contribution in [0.25, 0.3) is 0 Å². The van der Waals surface area contributed by atoms with Crippen LogP contribution in [0.5, 0.6) is 0 Å². The highest BCUT2D eigenvalue weighted by Crippen LogP contribution is 2.22. The Morgan fingerprint density at radius 1 is 1.44 bits per heavy atom. The zero-order chi connectivity index (χ0) is 11.4. The molecule has 3 heteroatoms. The summed E-state index contributed by atoms with van der Waals surface area (Å²) in [6.45, 7) is 4.37. The maximum atomic E-state index is 11.4. The van der Waals surface area contributed by atoms with Crippen LogP contribution in [-0.2, 0) is 4.74 Å². The highest BCUT2D eigenvalue weighted by molar-refractivity contribution is 5.89. The lowest BCUT2D eigenvalue weighted by Crippen LogP contribution is -2.08. The molecule has 0 amide bonds. The molecule has 0 radical (unpaired) electrons. The summed E-state index contributed by atoms with van der Waals surface area (Å²) in [5.41, 5.74) is 1.94. The topological polar surface area (TPSA) is 38.3 Å². The first kappa shape index (κ1) is 11.1. The van der Waals surface area contributed by atoms with Gasteiger partial charge in [-0.1, -0.05) is 12.1 Å². The molecule has 0 bridgehead atoms. The standard InChI is InChI=1S/C13H17NO2/c1-2-16-13(15)11-5-3-10(4-6-11)12-7-8-14-9-12/h3-6,12,14H,2,7-9H2,1H3. The molecule has 1 aromatic rings. The Bertz CT molecular complexity index is 353. The van der Waals surface area contributed by atoms with Crippen molar-refractivity contribution in [2.75, 3.05) is 19.7 Å². The first-order valence-corrected chi connectivity index (χ1v) is 5.79. The fraction of sp³-hybridized carbons (Fsp3) is 0.462. The molecule has 1 aliphatic heterocycles. The number of carbonyl (C=O) groups excluding carboxylic acids is 1. The molecule has 1 unspecified atom stereocenters. The molecule has 86 valence electrons. The van der Waals surface area contributed by atoms with Crippen molar-refractivity contribution in [1.82, 2.24) is 5.32 Å². The van der Waals surface area contributed by atoms with E-state index in [1.165, 1.54) is 12.0 Å². The van der Waals surface area contributed by atoms with Crippen molar-refractivity contribution in [3.63, 3.8) is 0 Å². The van der Waals surface area contributed by atoms with E-state index < -0.39 is 0 Å². The van der Waals surface area contributed by atoms with Gasteiger partial charge in [0.25, 0.3) is 0 Å². The highest BCUT2D eigenvalue weighted by atomic mass is 16.5. The molecule has 1 N–H and O–H groups in total. The average Bonchev–Trinajstić information content (AvgIpc) is 2.83. The molecule has 1 aliphatic rings. The molecular weight excluding hydrogens is 202 g/mol. The highest BCUT2D eigenvalue weighted by Gasteiger charge is 2.16. The third-order valence-corrected chi connectivity index (χ3v) is 2.95. The summed E-state index contributed by atoms with van der Waals surface area (Å²) in [6.07, 6.45) is 1.18. The summed E-state index contributed by atoms with van der Waals surface area (Å²) in [4.78, 5) is 11.4. The fourth-order valence-electron chi connectivity index (χ4n) is 2.04. The minimum atomic E-state index is -0.237. The van der Waals surface area contributed by atoms with E-state index in [0.717, 1.165) is 13.1 Å². The summed E-state index contributed by atoms with van der Waals surface area (Å²) in [6, 6.07) is 7.77.